The molecule has 1 N–H and O–H groups in total. The molecule has 104 valence electrons. The highest BCUT2D eigenvalue weighted by molar-refractivity contribution is 5.75. The third kappa shape index (κ3) is 3.23. The van der Waals surface area contributed by atoms with Crippen molar-refractivity contribution in [3.05, 3.63) is 0 Å². The Labute approximate surface area is 110 Å². The predicted octanol–water partition coefficient (Wildman–Crippen LogP) is 1.26. The molecule has 2 atom stereocenters. The Morgan fingerprint density at radius 3 is 2.61 bits per heavy atom. The van der Waals surface area contributed by atoms with Crippen LogP contribution in [0.4, 0.5) is 0 Å². The number of methoxy groups -OCH3 is 1. The lowest BCUT2D eigenvalue weighted by Crippen LogP contribution is -2.47. The van der Waals surface area contributed by atoms with E-state index in [1.807, 2.05) is 0 Å². The number of hydrogen-bond acceptors (Lipinski definition) is 4. The fourth-order valence-electron chi connectivity index (χ4n) is 3.44. The minimum Gasteiger partial charge on any atom is -0.468 e. The number of nitrogens with one attached hydrogen (secondary N) is 1. The maximum atomic E-state index is 11.6. The second-order valence-corrected chi connectivity index (χ2v) is 5.59. The summed E-state index contributed by atoms with van der Waals surface area (Å²) in [7, 11) is 1.48. The van der Waals surface area contributed by atoms with Gasteiger partial charge < -0.3 is 15.0 Å². The van der Waals surface area contributed by atoms with Gasteiger partial charge in [-0.25, -0.2) is 0 Å². The minimum absolute atomic E-state index is 0.0713. The second-order valence-electron chi connectivity index (χ2n) is 5.59. The van der Waals surface area contributed by atoms with Crippen LogP contribution < -0.4 is 5.32 Å². The number of hydrogen-bond donors (Lipinski definition) is 1. The first kappa shape index (κ1) is 13.8. The molecule has 2 heterocycles. The molecule has 0 bridgehead atoms. The zero-order chi connectivity index (χ0) is 13.0. The number of ether oxygens (including phenoxy) is 1. The van der Waals surface area contributed by atoms with Crippen LogP contribution in [0.3, 0.4) is 0 Å². The molecule has 18 heavy (non-hydrogen) atoms. The van der Waals surface area contributed by atoms with Crippen LogP contribution in [0.15, 0.2) is 0 Å². The van der Waals surface area contributed by atoms with E-state index < -0.39 is 0 Å². The van der Waals surface area contributed by atoms with E-state index in [0.717, 1.165) is 18.9 Å². The van der Waals surface area contributed by atoms with Crippen molar-refractivity contribution in [2.45, 2.75) is 38.6 Å². The quantitative estimate of drug-likeness (QED) is 0.770. The molecule has 0 aromatic heterocycles. The van der Waals surface area contributed by atoms with Gasteiger partial charge in [-0.1, -0.05) is 6.92 Å². The van der Waals surface area contributed by atoms with Crippen LogP contribution in [0.1, 0.15) is 32.6 Å². The van der Waals surface area contributed by atoms with E-state index >= 15 is 0 Å². The molecule has 0 aliphatic carbocycles. The van der Waals surface area contributed by atoms with Crippen molar-refractivity contribution in [2.75, 3.05) is 33.3 Å². The molecule has 2 saturated heterocycles. The van der Waals surface area contributed by atoms with Crippen LogP contribution in [0.25, 0.3) is 0 Å². The van der Waals surface area contributed by atoms with Crippen molar-refractivity contribution in [1.82, 2.24) is 10.2 Å². The first-order valence-electron chi connectivity index (χ1n) is 7.28. The van der Waals surface area contributed by atoms with Gasteiger partial charge in [-0.15, -0.1) is 0 Å². The summed E-state index contributed by atoms with van der Waals surface area (Å²) in [5.74, 6) is 1.42. The number of carbonyl (C=O) groups is 1. The van der Waals surface area contributed by atoms with Gasteiger partial charge in [-0.2, -0.15) is 0 Å². The van der Waals surface area contributed by atoms with Crippen LogP contribution in [-0.2, 0) is 9.53 Å². The molecule has 0 saturated carbocycles. The Hall–Kier alpha value is -0.610. The SMILES string of the molecule is CCN1CCC(C2CCNC(C(=O)OC)C2)CC1. The third-order valence-corrected chi connectivity index (χ3v) is 4.68. The maximum Gasteiger partial charge on any atom is 0.322 e. The van der Waals surface area contributed by atoms with Crippen LogP contribution in [0.2, 0.25) is 0 Å². The molecule has 0 radical (unpaired) electrons. The summed E-state index contributed by atoms with van der Waals surface area (Å²) in [6.45, 7) is 6.82. The largest absolute Gasteiger partial charge is 0.468 e. The summed E-state index contributed by atoms with van der Waals surface area (Å²) >= 11 is 0. The molecule has 2 aliphatic heterocycles. The Balaban J connectivity index is 1.84. The Bertz CT molecular complexity index is 275. The van der Waals surface area contributed by atoms with Crippen LogP contribution in [-0.4, -0.2) is 50.2 Å². The zero-order valence-corrected chi connectivity index (χ0v) is 11.7. The van der Waals surface area contributed by atoms with E-state index in [-0.39, 0.29) is 12.0 Å². The number of likely N-dealkylation sites (tertiary alicyclic amines) is 1. The van der Waals surface area contributed by atoms with E-state index in [9.17, 15) is 4.79 Å². The summed E-state index contributed by atoms with van der Waals surface area (Å²) < 4.78 is 4.85. The lowest BCUT2D eigenvalue weighted by Gasteiger charge is -2.39. The van der Waals surface area contributed by atoms with Gasteiger partial charge in [0.05, 0.1) is 7.11 Å². The van der Waals surface area contributed by atoms with Crippen LogP contribution in [0, 0.1) is 11.8 Å². The second kappa shape index (κ2) is 6.53. The van der Waals surface area contributed by atoms with Crippen molar-refractivity contribution in [3.63, 3.8) is 0 Å². The van der Waals surface area contributed by atoms with Crippen molar-refractivity contribution >= 4 is 5.97 Å². The molecule has 2 unspecified atom stereocenters. The molecular formula is C14H26N2O2. The molecule has 2 aliphatic rings. The number of carbonyl (C=O) groups excluding carboxylic acids is 1. The Kier molecular flexibility index (Phi) is 5.01. The molecule has 0 aromatic rings. The van der Waals surface area contributed by atoms with Crippen LogP contribution >= 0.6 is 0 Å². The van der Waals surface area contributed by atoms with E-state index in [2.05, 4.69) is 17.1 Å². The van der Waals surface area contributed by atoms with E-state index in [1.165, 1.54) is 46.0 Å². The summed E-state index contributed by atoms with van der Waals surface area (Å²) in [5.41, 5.74) is 0. The van der Waals surface area contributed by atoms with Crippen molar-refractivity contribution < 1.29 is 9.53 Å². The fourth-order valence-corrected chi connectivity index (χ4v) is 3.44. The number of rotatable bonds is 3. The average molecular weight is 254 g/mol. The highest BCUT2D eigenvalue weighted by Gasteiger charge is 2.33. The third-order valence-electron chi connectivity index (χ3n) is 4.68. The molecule has 0 aromatic carbocycles. The highest BCUT2D eigenvalue weighted by atomic mass is 16.5. The van der Waals surface area contributed by atoms with E-state index in [0.29, 0.717) is 5.92 Å². The monoisotopic (exact) mass is 254 g/mol. The van der Waals surface area contributed by atoms with Gasteiger partial charge in [0.2, 0.25) is 0 Å². The molecule has 4 nitrogen and oxygen atoms in total. The van der Waals surface area contributed by atoms with Gasteiger partial charge in [-0.05, 0) is 63.7 Å². The first-order valence-corrected chi connectivity index (χ1v) is 7.28. The first-order chi connectivity index (χ1) is 8.74. The summed E-state index contributed by atoms with van der Waals surface area (Å²) in [6.07, 6.45) is 4.77. The van der Waals surface area contributed by atoms with Crippen LogP contribution in [0.5, 0.6) is 0 Å². The lowest BCUT2D eigenvalue weighted by atomic mass is 9.77. The van der Waals surface area contributed by atoms with Gasteiger partial charge >= 0.3 is 5.97 Å². The minimum atomic E-state index is -0.0919. The highest BCUT2D eigenvalue weighted by Crippen LogP contribution is 2.32. The average Bonchev–Trinajstić information content (AvgIpc) is 2.46. The molecule has 0 spiro atoms. The molecule has 2 rings (SSSR count). The predicted molar refractivity (Wildman–Crippen MR) is 71.4 cm³/mol. The summed E-state index contributed by atoms with van der Waals surface area (Å²) in [6, 6.07) is -0.0713. The molecule has 0 amide bonds. The molecular weight excluding hydrogens is 228 g/mol. The summed E-state index contributed by atoms with van der Waals surface area (Å²) in [5, 5.41) is 3.27. The Morgan fingerprint density at radius 2 is 2.00 bits per heavy atom. The topological polar surface area (TPSA) is 41.6 Å². The molecule has 4 heteroatoms. The van der Waals surface area contributed by atoms with Gasteiger partial charge in [0.1, 0.15) is 6.04 Å². The number of nitrogens with zero attached hydrogens (tertiary/aromatic N) is 1. The van der Waals surface area contributed by atoms with Gasteiger partial charge in [0, 0.05) is 0 Å². The fraction of sp³-hybridized carbons (Fsp3) is 0.929. The molecule has 2 fully saturated rings. The summed E-state index contributed by atoms with van der Waals surface area (Å²) in [4.78, 5) is 14.1. The number of esters is 1. The van der Waals surface area contributed by atoms with E-state index in [4.69, 9.17) is 4.74 Å². The standard InChI is InChI=1S/C14H26N2O2/c1-3-16-8-5-11(6-9-16)12-4-7-15-13(10-12)14(17)18-2/h11-13,15H,3-10H2,1-2H3. The van der Waals surface area contributed by atoms with Gasteiger partial charge in [0.15, 0.2) is 0 Å². The lowest BCUT2D eigenvalue weighted by molar-refractivity contribution is -0.144. The maximum absolute atomic E-state index is 11.6. The Morgan fingerprint density at radius 1 is 1.28 bits per heavy atom. The van der Waals surface area contributed by atoms with Gasteiger partial charge in [-0.3, -0.25) is 4.79 Å². The normalized spacial score (nSPS) is 31.2. The number of piperidine rings is 2. The van der Waals surface area contributed by atoms with Crippen molar-refractivity contribution in [2.24, 2.45) is 11.8 Å². The van der Waals surface area contributed by atoms with Crippen molar-refractivity contribution in [1.29, 1.82) is 0 Å². The van der Waals surface area contributed by atoms with E-state index in [1.54, 1.807) is 0 Å². The zero-order valence-electron chi connectivity index (χ0n) is 11.7. The van der Waals surface area contributed by atoms with Crippen molar-refractivity contribution in [3.8, 4) is 0 Å². The van der Waals surface area contributed by atoms with Gasteiger partial charge in [0.25, 0.3) is 0 Å². The smallest absolute Gasteiger partial charge is 0.322 e.